The minimum atomic E-state index is -0.317. The van der Waals surface area contributed by atoms with Gasteiger partial charge in [-0.05, 0) is 36.4 Å². The molecular weight excluding hydrogens is 280 g/mol. The Hall–Kier alpha value is -3.28. The third kappa shape index (κ3) is 3.06. The van der Waals surface area contributed by atoms with E-state index in [9.17, 15) is 4.79 Å². The van der Waals surface area contributed by atoms with Crippen molar-refractivity contribution < 1.29 is 9.53 Å². The van der Waals surface area contributed by atoms with E-state index in [1.54, 1.807) is 24.3 Å². The van der Waals surface area contributed by atoms with Crippen LogP contribution in [0.25, 0.3) is 0 Å². The molecular formula is C16H14N4O2. The summed E-state index contributed by atoms with van der Waals surface area (Å²) in [5.41, 5.74) is 6.56. The van der Waals surface area contributed by atoms with Gasteiger partial charge in [-0.1, -0.05) is 18.2 Å². The second-order valence-electron chi connectivity index (χ2n) is 4.59. The molecule has 0 spiro atoms. The maximum Gasteiger partial charge on any atom is 0.261 e. The molecule has 1 aromatic heterocycles. The quantitative estimate of drug-likeness (QED) is 0.689. The van der Waals surface area contributed by atoms with Gasteiger partial charge in [0.2, 0.25) is 0 Å². The predicted octanol–water partition coefficient (Wildman–Crippen LogP) is 3.04. The highest BCUT2D eigenvalue weighted by Crippen LogP contribution is 2.23. The molecule has 0 bridgehead atoms. The molecule has 0 unspecified atom stereocenters. The number of carbonyl (C=O) groups excluding carboxylic acids is 1. The summed E-state index contributed by atoms with van der Waals surface area (Å²) < 4.78 is 5.68. The highest BCUT2D eigenvalue weighted by Gasteiger charge is 2.11. The van der Waals surface area contributed by atoms with E-state index in [4.69, 9.17) is 10.5 Å². The number of nitrogens with two attached hydrogens (primary N) is 1. The zero-order valence-electron chi connectivity index (χ0n) is 11.6. The largest absolute Gasteiger partial charge is 0.457 e. The van der Waals surface area contributed by atoms with Gasteiger partial charge < -0.3 is 15.8 Å². The van der Waals surface area contributed by atoms with Crippen LogP contribution in [0, 0.1) is 0 Å². The number of benzene rings is 2. The Balaban J connectivity index is 1.67. The second-order valence-corrected chi connectivity index (χ2v) is 4.59. The fraction of sp³-hybridized carbons (Fsp3) is 0. The number of hydrogen-bond donors (Lipinski definition) is 3. The number of carbonyl (C=O) groups is 1. The molecule has 6 heteroatoms. The predicted molar refractivity (Wildman–Crippen MR) is 83.9 cm³/mol. The Morgan fingerprint density at radius 1 is 1.05 bits per heavy atom. The maximum absolute atomic E-state index is 12.0. The van der Waals surface area contributed by atoms with Crippen LogP contribution in [0.5, 0.6) is 11.5 Å². The number of rotatable bonds is 4. The lowest BCUT2D eigenvalue weighted by atomic mass is 10.2. The molecule has 0 aliphatic heterocycles. The molecule has 6 nitrogen and oxygen atoms in total. The number of aromatic amines is 1. The van der Waals surface area contributed by atoms with E-state index in [2.05, 4.69) is 15.5 Å². The first kappa shape index (κ1) is 13.7. The topological polar surface area (TPSA) is 93.0 Å². The van der Waals surface area contributed by atoms with E-state index in [1.807, 2.05) is 30.3 Å². The first-order valence-corrected chi connectivity index (χ1v) is 6.65. The Bertz CT molecular complexity index is 766. The van der Waals surface area contributed by atoms with Gasteiger partial charge >= 0.3 is 0 Å². The fourth-order valence-corrected chi connectivity index (χ4v) is 1.91. The van der Waals surface area contributed by atoms with Crippen LogP contribution in [0.4, 0.5) is 11.5 Å². The van der Waals surface area contributed by atoms with E-state index < -0.39 is 0 Å². The molecule has 2 aromatic carbocycles. The molecule has 0 aliphatic carbocycles. The number of nitrogens with zero attached hydrogens (tertiary/aromatic N) is 1. The van der Waals surface area contributed by atoms with Crippen LogP contribution in [0.2, 0.25) is 0 Å². The summed E-state index contributed by atoms with van der Waals surface area (Å²) in [6, 6.07) is 16.5. The van der Waals surface area contributed by atoms with Crippen molar-refractivity contribution in [1.29, 1.82) is 0 Å². The average Bonchev–Trinajstić information content (AvgIpc) is 2.96. The molecule has 110 valence electrons. The Morgan fingerprint density at radius 3 is 2.36 bits per heavy atom. The monoisotopic (exact) mass is 294 g/mol. The minimum Gasteiger partial charge on any atom is -0.457 e. The molecule has 0 saturated carbocycles. The van der Waals surface area contributed by atoms with E-state index in [0.29, 0.717) is 17.0 Å². The van der Waals surface area contributed by atoms with Gasteiger partial charge in [0.15, 0.2) is 0 Å². The summed E-state index contributed by atoms with van der Waals surface area (Å²) in [5, 5.41) is 8.97. The lowest BCUT2D eigenvalue weighted by Gasteiger charge is -2.07. The first-order chi connectivity index (χ1) is 10.7. The molecule has 4 N–H and O–H groups in total. The van der Waals surface area contributed by atoms with Crippen LogP contribution in [0.1, 0.15) is 10.4 Å². The number of hydrogen-bond acceptors (Lipinski definition) is 4. The van der Waals surface area contributed by atoms with Crippen LogP contribution in [0.3, 0.4) is 0 Å². The number of ether oxygens (including phenoxy) is 1. The minimum absolute atomic E-state index is 0.238. The molecule has 0 aliphatic rings. The highest BCUT2D eigenvalue weighted by atomic mass is 16.5. The smallest absolute Gasteiger partial charge is 0.261 e. The zero-order valence-corrected chi connectivity index (χ0v) is 11.6. The summed E-state index contributed by atoms with van der Waals surface area (Å²) in [7, 11) is 0. The van der Waals surface area contributed by atoms with Gasteiger partial charge in [-0.3, -0.25) is 9.89 Å². The van der Waals surface area contributed by atoms with Crippen LogP contribution in [-0.2, 0) is 0 Å². The second kappa shape index (κ2) is 6.01. The molecule has 0 atom stereocenters. The van der Waals surface area contributed by atoms with E-state index in [1.165, 1.54) is 6.20 Å². The third-order valence-electron chi connectivity index (χ3n) is 3.00. The Kier molecular flexibility index (Phi) is 3.74. The summed E-state index contributed by atoms with van der Waals surface area (Å²) in [6.45, 7) is 0. The first-order valence-electron chi connectivity index (χ1n) is 6.65. The number of nitrogen functional groups attached to an aromatic ring is 1. The van der Waals surface area contributed by atoms with Crippen molar-refractivity contribution in [2.75, 3.05) is 11.1 Å². The van der Waals surface area contributed by atoms with Crippen molar-refractivity contribution in [2.24, 2.45) is 0 Å². The van der Waals surface area contributed by atoms with E-state index in [0.717, 1.165) is 5.75 Å². The molecule has 3 rings (SSSR count). The summed E-state index contributed by atoms with van der Waals surface area (Å²) in [6.07, 6.45) is 1.39. The lowest BCUT2D eigenvalue weighted by molar-refractivity contribution is 0.102. The zero-order chi connectivity index (χ0) is 15.4. The fourth-order valence-electron chi connectivity index (χ4n) is 1.91. The van der Waals surface area contributed by atoms with Crippen LogP contribution in [-0.4, -0.2) is 16.1 Å². The van der Waals surface area contributed by atoms with E-state index in [-0.39, 0.29) is 11.7 Å². The van der Waals surface area contributed by atoms with Crippen molar-refractivity contribution in [3.63, 3.8) is 0 Å². The molecule has 3 aromatic rings. The molecule has 0 saturated heterocycles. The molecule has 1 heterocycles. The van der Waals surface area contributed by atoms with Gasteiger partial charge in [-0.2, -0.15) is 5.10 Å². The van der Waals surface area contributed by atoms with Crippen molar-refractivity contribution in [3.8, 4) is 11.5 Å². The molecule has 0 fully saturated rings. The summed E-state index contributed by atoms with van der Waals surface area (Å²) in [4.78, 5) is 12.0. The van der Waals surface area contributed by atoms with Gasteiger partial charge in [0, 0.05) is 5.69 Å². The SMILES string of the molecule is Nc1[nH]ncc1C(=O)Nc1ccc(Oc2ccccc2)cc1. The number of nitrogens with one attached hydrogen (secondary N) is 2. The maximum atomic E-state index is 12.0. The van der Waals surface area contributed by atoms with Crippen molar-refractivity contribution in [3.05, 3.63) is 66.4 Å². The van der Waals surface area contributed by atoms with Gasteiger partial charge in [-0.15, -0.1) is 0 Å². The lowest BCUT2D eigenvalue weighted by Crippen LogP contribution is -2.12. The van der Waals surface area contributed by atoms with Crippen molar-refractivity contribution >= 4 is 17.4 Å². The number of aromatic nitrogens is 2. The molecule has 1 amide bonds. The van der Waals surface area contributed by atoms with Crippen LogP contribution < -0.4 is 15.8 Å². The average molecular weight is 294 g/mol. The highest BCUT2D eigenvalue weighted by molar-refractivity contribution is 6.07. The Labute approximate surface area is 126 Å². The van der Waals surface area contributed by atoms with Gasteiger partial charge in [-0.25, -0.2) is 0 Å². The van der Waals surface area contributed by atoms with E-state index >= 15 is 0 Å². The van der Waals surface area contributed by atoms with Crippen molar-refractivity contribution in [1.82, 2.24) is 10.2 Å². The normalized spacial score (nSPS) is 10.2. The molecule has 0 radical (unpaired) electrons. The number of amides is 1. The summed E-state index contributed by atoms with van der Waals surface area (Å²) >= 11 is 0. The van der Waals surface area contributed by atoms with Crippen LogP contribution in [0.15, 0.2) is 60.8 Å². The Morgan fingerprint density at radius 2 is 1.73 bits per heavy atom. The van der Waals surface area contributed by atoms with Crippen molar-refractivity contribution in [2.45, 2.75) is 0 Å². The van der Waals surface area contributed by atoms with Gasteiger partial charge in [0.25, 0.3) is 5.91 Å². The molecule has 22 heavy (non-hydrogen) atoms. The number of para-hydroxylation sites is 1. The van der Waals surface area contributed by atoms with Gasteiger partial charge in [0.05, 0.1) is 6.20 Å². The standard InChI is InChI=1S/C16H14N4O2/c17-15-14(10-18-20-15)16(21)19-11-6-8-13(9-7-11)22-12-4-2-1-3-5-12/h1-10H,(H,19,21)(H3,17,18,20). The van der Waals surface area contributed by atoms with Crippen LogP contribution >= 0.6 is 0 Å². The summed E-state index contributed by atoms with van der Waals surface area (Å²) in [5.74, 6) is 1.36. The van der Waals surface area contributed by atoms with Gasteiger partial charge in [0.1, 0.15) is 22.9 Å². The number of H-pyrrole nitrogens is 1. The number of anilines is 2. The third-order valence-corrected chi connectivity index (χ3v) is 3.00.